The first-order valence-corrected chi connectivity index (χ1v) is 9.28. The third-order valence-corrected chi connectivity index (χ3v) is 5.72. The van der Waals surface area contributed by atoms with Gasteiger partial charge in [0.15, 0.2) is 5.78 Å². The van der Waals surface area contributed by atoms with Crippen molar-refractivity contribution in [2.24, 2.45) is 4.99 Å². The summed E-state index contributed by atoms with van der Waals surface area (Å²) in [6.45, 7) is 1.99. The van der Waals surface area contributed by atoms with Gasteiger partial charge in [0.2, 0.25) is 5.91 Å². The summed E-state index contributed by atoms with van der Waals surface area (Å²) in [5, 5.41) is 3.62. The number of Topliss-reactive ketones (excluding diaryl/α,β-unsaturated/α-hetero) is 1. The van der Waals surface area contributed by atoms with E-state index in [1.54, 1.807) is 17.5 Å². The second kappa shape index (κ2) is 6.87. The molecule has 7 nitrogen and oxygen atoms in total. The van der Waals surface area contributed by atoms with Crippen LogP contribution in [0.15, 0.2) is 29.8 Å². The fourth-order valence-corrected chi connectivity index (χ4v) is 4.04. The second-order valence-electron chi connectivity index (χ2n) is 6.35. The molecule has 0 radical (unpaired) electrons. The molecule has 2 aromatic rings. The summed E-state index contributed by atoms with van der Waals surface area (Å²) in [6, 6.07) is 0. The lowest BCUT2D eigenvalue weighted by Crippen LogP contribution is -2.23. The first-order valence-electron chi connectivity index (χ1n) is 8.46. The first-order chi connectivity index (χ1) is 12.6. The minimum atomic E-state index is -0.0809. The molecule has 4 rings (SSSR count). The van der Waals surface area contributed by atoms with E-state index >= 15 is 0 Å². The molecular weight excluding hydrogens is 350 g/mol. The highest BCUT2D eigenvalue weighted by molar-refractivity contribution is 7.13. The van der Waals surface area contributed by atoms with E-state index in [2.05, 4.69) is 25.3 Å². The number of hydrogen-bond acceptors (Lipinski definition) is 7. The zero-order chi connectivity index (χ0) is 18.1. The van der Waals surface area contributed by atoms with E-state index in [4.69, 9.17) is 0 Å². The number of nitrogens with one attached hydrogen (secondary N) is 1. The number of ketones is 1. The maximum absolute atomic E-state index is 12.8. The summed E-state index contributed by atoms with van der Waals surface area (Å²) < 4.78 is 0. The van der Waals surface area contributed by atoms with Crippen molar-refractivity contribution in [1.82, 2.24) is 15.0 Å². The van der Waals surface area contributed by atoms with Crippen molar-refractivity contribution >= 4 is 34.6 Å². The number of amides is 1. The standard InChI is InChI=1S/C18H17N5O2S/c1-10(18-20-8-14(26-18)12-3-2-6-19-12)7-13(24)16-11-4-5-15(25)23-17(11)22-9-21-16/h2,6,8-10H,3-5,7H2,1H3,(H,21,22,23,25)/t10-/m0/s1. The molecule has 1 amide bonds. The highest BCUT2D eigenvalue weighted by atomic mass is 32.1. The number of hydrogen-bond donors (Lipinski definition) is 1. The molecule has 1 atom stereocenters. The molecule has 2 aromatic heterocycles. The summed E-state index contributed by atoms with van der Waals surface area (Å²) in [4.78, 5) is 42.4. The van der Waals surface area contributed by atoms with Gasteiger partial charge in [-0.1, -0.05) is 13.0 Å². The molecule has 0 bridgehead atoms. The van der Waals surface area contributed by atoms with Crippen LogP contribution in [-0.4, -0.2) is 32.4 Å². The number of aliphatic imine (C=N–C) groups is 1. The molecule has 4 heterocycles. The number of carbonyl (C=O) groups excluding carboxylic acids is 2. The molecule has 0 saturated carbocycles. The number of anilines is 1. The summed E-state index contributed by atoms with van der Waals surface area (Å²) in [5.41, 5.74) is 2.16. The number of fused-ring (bicyclic) bond motifs is 1. The predicted octanol–water partition coefficient (Wildman–Crippen LogP) is 2.90. The zero-order valence-corrected chi connectivity index (χ0v) is 15.0. The minimum absolute atomic E-state index is 0.0139. The van der Waals surface area contributed by atoms with Crippen molar-refractivity contribution in [3.63, 3.8) is 0 Å². The minimum Gasteiger partial charge on any atom is -0.310 e. The largest absolute Gasteiger partial charge is 0.310 e. The normalized spacial score (nSPS) is 16.8. The van der Waals surface area contributed by atoms with E-state index in [1.165, 1.54) is 6.33 Å². The van der Waals surface area contributed by atoms with Crippen LogP contribution in [0.3, 0.4) is 0 Å². The fraction of sp³-hybridized carbons (Fsp3) is 0.333. The van der Waals surface area contributed by atoms with Crippen LogP contribution in [0.2, 0.25) is 0 Å². The summed E-state index contributed by atoms with van der Waals surface area (Å²) in [5.74, 6) is 0.307. The Bertz CT molecular complexity index is 947. The van der Waals surface area contributed by atoms with E-state index in [-0.39, 0.29) is 17.6 Å². The van der Waals surface area contributed by atoms with Crippen LogP contribution in [0.25, 0.3) is 0 Å². The number of rotatable bonds is 5. The van der Waals surface area contributed by atoms with Crippen LogP contribution >= 0.6 is 11.3 Å². The predicted molar refractivity (Wildman–Crippen MR) is 98.8 cm³/mol. The Morgan fingerprint density at radius 1 is 1.31 bits per heavy atom. The van der Waals surface area contributed by atoms with E-state index < -0.39 is 0 Å². The van der Waals surface area contributed by atoms with Gasteiger partial charge in [-0.05, 0) is 6.42 Å². The third kappa shape index (κ3) is 3.20. The molecule has 0 saturated heterocycles. The van der Waals surface area contributed by atoms with E-state index in [0.29, 0.717) is 30.8 Å². The lowest BCUT2D eigenvalue weighted by Gasteiger charge is -2.17. The van der Waals surface area contributed by atoms with Crippen LogP contribution in [0.1, 0.15) is 58.0 Å². The van der Waals surface area contributed by atoms with Crippen LogP contribution in [-0.2, 0) is 11.2 Å². The Hall–Kier alpha value is -2.74. The Balaban J connectivity index is 1.50. The summed E-state index contributed by atoms with van der Waals surface area (Å²) >= 11 is 1.58. The van der Waals surface area contributed by atoms with Gasteiger partial charge in [-0.15, -0.1) is 11.3 Å². The third-order valence-electron chi connectivity index (χ3n) is 4.44. The lowest BCUT2D eigenvalue weighted by atomic mass is 9.97. The molecule has 2 aliphatic heterocycles. The Morgan fingerprint density at radius 2 is 2.19 bits per heavy atom. The summed E-state index contributed by atoms with van der Waals surface area (Å²) in [7, 11) is 0. The monoisotopic (exact) mass is 367 g/mol. The van der Waals surface area contributed by atoms with E-state index in [9.17, 15) is 9.59 Å². The van der Waals surface area contributed by atoms with Crippen LogP contribution < -0.4 is 5.32 Å². The van der Waals surface area contributed by atoms with Crippen LogP contribution in [0.5, 0.6) is 0 Å². The van der Waals surface area contributed by atoms with E-state index in [0.717, 1.165) is 27.6 Å². The van der Waals surface area contributed by atoms with Crippen molar-refractivity contribution in [2.75, 3.05) is 5.32 Å². The van der Waals surface area contributed by atoms with Gasteiger partial charge in [0.1, 0.15) is 17.8 Å². The maximum Gasteiger partial charge on any atom is 0.225 e. The maximum atomic E-state index is 12.8. The number of allylic oxidation sites excluding steroid dienone is 1. The van der Waals surface area contributed by atoms with Gasteiger partial charge in [0.05, 0.1) is 15.6 Å². The smallest absolute Gasteiger partial charge is 0.225 e. The molecular formula is C18H17N5O2S. The molecule has 0 unspecified atom stereocenters. The second-order valence-corrected chi connectivity index (χ2v) is 7.42. The van der Waals surface area contributed by atoms with Gasteiger partial charge < -0.3 is 5.32 Å². The molecule has 26 heavy (non-hydrogen) atoms. The Kier molecular flexibility index (Phi) is 4.42. The molecule has 0 spiro atoms. The quantitative estimate of drug-likeness (QED) is 0.820. The SMILES string of the molecule is C[C@@H](CC(=O)c1ncnc2c1CCC(=O)N2)c1ncc(C2=NC=CC2)s1. The average Bonchev–Trinajstić information content (AvgIpc) is 3.32. The molecule has 0 fully saturated rings. The molecule has 1 N–H and O–H groups in total. The van der Waals surface area contributed by atoms with Gasteiger partial charge >= 0.3 is 0 Å². The van der Waals surface area contributed by atoms with Crippen molar-refractivity contribution < 1.29 is 9.59 Å². The molecule has 0 aromatic carbocycles. The number of carbonyl (C=O) groups is 2. The Labute approximate surface area is 154 Å². The van der Waals surface area contributed by atoms with Crippen molar-refractivity contribution in [3.05, 3.63) is 45.9 Å². The molecule has 132 valence electrons. The van der Waals surface area contributed by atoms with Crippen molar-refractivity contribution in [3.8, 4) is 0 Å². The molecule has 0 aliphatic carbocycles. The molecule has 8 heteroatoms. The number of aromatic nitrogens is 3. The topological polar surface area (TPSA) is 97.2 Å². The van der Waals surface area contributed by atoms with Gasteiger partial charge in [0, 0.05) is 43.1 Å². The van der Waals surface area contributed by atoms with Gasteiger partial charge in [-0.2, -0.15) is 0 Å². The number of nitrogens with zero attached hydrogens (tertiary/aromatic N) is 4. The average molecular weight is 367 g/mol. The Morgan fingerprint density at radius 3 is 3.00 bits per heavy atom. The van der Waals surface area contributed by atoms with Gasteiger partial charge in [0.25, 0.3) is 0 Å². The van der Waals surface area contributed by atoms with Gasteiger partial charge in [-0.25, -0.2) is 15.0 Å². The van der Waals surface area contributed by atoms with Crippen LogP contribution in [0.4, 0.5) is 5.82 Å². The van der Waals surface area contributed by atoms with Crippen molar-refractivity contribution in [2.45, 2.75) is 38.5 Å². The fourth-order valence-electron chi connectivity index (χ4n) is 3.07. The number of thiazole rings is 1. The van der Waals surface area contributed by atoms with Crippen LogP contribution in [0, 0.1) is 0 Å². The highest BCUT2D eigenvalue weighted by Gasteiger charge is 2.25. The van der Waals surface area contributed by atoms with E-state index in [1.807, 2.05) is 19.2 Å². The summed E-state index contributed by atoms with van der Waals surface area (Å²) in [6.07, 6.45) is 8.96. The highest BCUT2D eigenvalue weighted by Crippen LogP contribution is 2.29. The molecule has 2 aliphatic rings. The first kappa shape index (κ1) is 16.7. The van der Waals surface area contributed by atoms with Crippen molar-refractivity contribution in [1.29, 1.82) is 0 Å². The lowest BCUT2D eigenvalue weighted by molar-refractivity contribution is -0.116. The zero-order valence-electron chi connectivity index (χ0n) is 14.2. The van der Waals surface area contributed by atoms with Gasteiger partial charge in [-0.3, -0.25) is 14.6 Å².